The number of nitrogens with one attached hydrogen (secondary N) is 1. The molecule has 1 aromatic rings. The van der Waals surface area contributed by atoms with E-state index >= 15 is 0 Å². The maximum absolute atomic E-state index is 12.4. The molecule has 0 bridgehead atoms. The lowest BCUT2D eigenvalue weighted by Crippen LogP contribution is -2.39. The van der Waals surface area contributed by atoms with Gasteiger partial charge in [0.05, 0.1) is 7.11 Å². The summed E-state index contributed by atoms with van der Waals surface area (Å²) in [4.78, 5) is 2.36. The number of piperidine rings is 1. The first-order valence-corrected chi connectivity index (χ1v) is 8.52. The van der Waals surface area contributed by atoms with Crippen molar-refractivity contribution in [3.05, 3.63) is 18.2 Å². The van der Waals surface area contributed by atoms with E-state index < -0.39 is 10.0 Å². The fourth-order valence-corrected chi connectivity index (χ4v) is 3.92. The van der Waals surface area contributed by atoms with Crippen LogP contribution in [0.25, 0.3) is 0 Å². The molecule has 6 nitrogen and oxygen atoms in total. The summed E-state index contributed by atoms with van der Waals surface area (Å²) < 4.78 is 32.6. The molecular weight excluding hydrogens is 290 g/mol. The van der Waals surface area contributed by atoms with Crippen LogP contribution in [0.1, 0.15) is 12.8 Å². The predicted octanol–water partition coefficient (Wildman–Crippen LogP) is 0.898. The van der Waals surface area contributed by atoms with Crippen LogP contribution in [-0.4, -0.2) is 47.1 Å². The summed E-state index contributed by atoms with van der Waals surface area (Å²) in [5.74, 6) is 0.613. The molecule has 1 aliphatic rings. The van der Waals surface area contributed by atoms with Gasteiger partial charge in [-0.2, -0.15) is 0 Å². The van der Waals surface area contributed by atoms with Crippen LogP contribution in [0.15, 0.2) is 23.1 Å². The van der Waals surface area contributed by atoms with Gasteiger partial charge in [-0.1, -0.05) is 0 Å². The van der Waals surface area contributed by atoms with Gasteiger partial charge in [0.25, 0.3) is 0 Å². The molecule has 1 heterocycles. The van der Waals surface area contributed by atoms with E-state index in [-0.39, 0.29) is 10.6 Å². The fourth-order valence-electron chi connectivity index (χ4n) is 2.65. The Morgan fingerprint density at radius 2 is 2.24 bits per heavy atom. The SMILES string of the molecule is COc1cc(N)ccc1S(=O)(=O)NCC1CCCN(C)C1. The van der Waals surface area contributed by atoms with E-state index in [2.05, 4.69) is 16.7 Å². The molecule has 0 aromatic heterocycles. The Hall–Kier alpha value is -1.31. The van der Waals surface area contributed by atoms with E-state index in [0.29, 0.717) is 18.2 Å². The standard InChI is InChI=1S/C14H23N3O3S/c1-17-7-3-4-11(10-17)9-16-21(18,19)14-6-5-12(15)8-13(14)20-2/h5-6,8,11,16H,3-4,7,9-10,15H2,1-2H3. The van der Waals surface area contributed by atoms with Crippen LogP contribution in [-0.2, 0) is 10.0 Å². The van der Waals surface area contributed by atoms with Crippen LogP contribution in [0.4, 0.5) is 5.69 Å². The average molecular weight is 313 g/mol. The minimum atomic E-state index is -3.59. The van der Waals surface area contributed by atoms with Crippen molar-refractivity contribution in [2.45, 2.75) is 17.7 Å². The summed E-state index contributed by atoms with van der Waals surface area (Å²) in [6, 6.07) is 4.55. The van der Waals surface area contributed by atoms with Crippen molar-refractivity contribution >= 4 is 15.7 Å². The highest BCUT2D eigenvalue weighted by Gasteiger charge is 2.23. The van der Waals surface area contributed by atoms with Gasteiger partial charge in [-0.15, -0.1) is 0 Å². The van der Waals surface area contributed by atoms with Gasteiger partial charge >= 0.3 is 0 Å². The third kappa shape index (κ3) is 4.09. The molecule has 1 fully saturated rings. The van der Waals surface area contributed by atoms with Gasteiger partial charge in [-0.3, -0.25) is 0 Å². The molecule has 7 heteroatoms. The number of benzene rings is 1. The second kappa shape index (κ2) is 6.64. The first kappa shape index (κ1) is 16.1. The molecule has 0 saturated carbocycles. The van der Waals surface area contributed by atoms with Gasteiger partial charge in [0.1, 0.15) is 10.6 Å². The van der Waals surface area contributed by atoms with Gasteiger partial charge in [-0.05, 0) is 44.5 Å². The maximum Gasteiger partial charge on any atom is 0.244 e. The summed E-state index contributed by atoms with van der Waals surface area (Å²) in [6.07, 6.45) is 2.15. The lowest BCUT2D eigenvalue weighted by Gasteiger charge is -2.29. The molecule has 1 atom stereocenters. The number of sulfonamides is 1. The molecule has 0 radical (unpaired) electrons. The number of nitrogen functional groups attached to an aromatic ring is 1. The Labute approximate surface area is 126 Å². The molecule has 21 heavy (non-hydrogen) atoms. The van der Waals surface area contributed by atoms with Gasteiger partial charge in [-0.25, -0.2) is 13.1 Å². The van der Waals surface area contributed by atoms with E-state index in [1.165, 1.54) is 19.2 Å². The quantitative estimate of drug-likeness (QED) is 0.789. The van der Waals surface area contributed by atoms with Crippen LogP contribution < -0.4 is 15.2 Å². The first-order chi connectivity index (χ1) is 9.92. The average Bonchev–Trinajstić information content (AvgIpc) is 2.45. The largest absolute Gasteiger partial charge is 0.495 e. The number of likely N-dealkylation sites (tertiary alicyclic amines) is 1. The molecule has 0 amide bonds. The predicted molar refractivity (Wildman–Crippen MR) is 82.8 cm³/mol. The van der Waals surface area contributed by atoms with Crippen molar-refractivity contribution in [1.82, 2.24) is 9.62 Å². The Balaban J connectivity index is 2.08. The van der Waals surface area contributed by atoms with Crippen molar-refractivity contribution < 1.29 is 13.2 Å². The molecular formula is C14H23N3O3S. The Bertz CT molecular complexity index is 589. The summed E-state index contributed by atoms with van der Waals surface area (Å²) in [5, 5.41) is 0. The second-order valence-electron chi connectivity index (χ2n) is 5.53. The van der Waals surface area contributed by atoms with Gasteiger partial charge < -0.3 is 15.4 Å². The summed E-state index contributed by atoms with van der Waals surface area (Å²) in [6.45, 7) is 2.44. The second-order valence-corrected chi connectivity index (χ2v) is 7.27. The number of nitrogens with zero attached hydrogens (tertiary/aromatic N) is 1. The molecule has 0 spiro atoms. The van der Waals surface area contributed by atoms with Gasteiger partial charge in [0.2, 0.25) is 10.0 Å². The normalized spacial score (nSPS) is 20.4. The Morgan fingerprint density at radius 1 is 1.48 bits per heavy atom. The zero-order chi connectivity index (χ0) is 15.5. The van der Waals surface area contributed by atoms with Crippen molar-refractivity contribution in [1.29, 1.82) is 0 Å². The van der Waals surface area contributed by atoms with E-state index in [1.54, 1.807) is 6.07 Å². The van der Waals surface area contributed by atoms with Crippen molar-refractivity contribution in [2.75, 3.05) is 39.5 Å². The van der Waals surface area contributed by atoms with Crippen LogP contribution in [0, 0.1) is 5.92 Å². The van der Waals surface area contributed by atoms with E-state index in [9.17, 15) is 8.42 Å². The van der Waals surface area contributed by atoms with Crippen molar-refractivity contribution in [3.8, 4) is 5.75 Å². The fraction of sp³-hybridized carbons (Fsp3) is 0.571. The molecule has 2 rings (SSSR count). The molecule has 3 N–H and O–H groups in total. The Kier molecular flexibility index (Phi) is 5.08. The molecule has 1 aromatic carbocycles. The van der Waals surface area contributed by atoms with Crippen LogP contribution >= 0.6 is 0 Å². The molecule has 118 valence electrons. The number of ether oxygens (including phenoxy) is 1. The summed E-state index contributed by atoms with van der Waals surface area (Å²) in [5.41, 5.74) is 6.12. The third-order valence-electron chi connectivity index (χ3n) is 3.76. The highest BCUT2D eigenvalue weighted by Crippen LogP contribution is 2.26. The number of hydrogen-bond acceptors (Lipinski definition) is 5. The number of hydrogen-bond donors (Lipinski definition) is 2. The highest BCUT2D eigenvalue weighted by molar-refractivity contribution is 7.89. The zero-order valence-electron chi connectivity index (χ0n) is 12.5. The van der Waals surface area contributed by atoms with E-state index in [4.69, 9.17) is 10.5 Å². The number of anilines is 1. The summed E-state index contributed by atoms with van der Waals surface area (Å²) >= 11 is 0. The van der Waals surface area contributed by atoms with E-state index in [0.717, 1.165) is 25.9 Å². The zero-order valence-corrected chi connectivity index (χ0v) is 13.3. The van der Waals surface area contributed by atoms with Crippen LogP contribution in [0.3, 0.4) is 0 Å². The maximum atomic E-state index is 12.4. The minimum Gasteiger partial charge on any atom is -0.495 e. The number of rotatable bonds is 5. The van der Waals surface area contributed by atoms with Gasteiger partial charge in [0.15, 0.2) is 0 Å². The molecule has 1 saturated heterocycles. The van der Waals surface area contributed by atoms with E-state index in [1.807, 2.05) is 0 Å². The highest BCUT2D eigenvalue weighted by atomic mass is 32.2. The van der Waals surface area contributed by atoms with Crippen molar-refractivity contribution in [2.24, 2.45) is 5.92 Å². The monoisotopic (exact) mass is 313 g/mol. The molecule has 1 unspecified atom stereocenters. The van der Waals surface area contributed by atoms with Gasteiger partial charge in [0, 0.05) is 24.8 Å². The minimum absolute atomic E-state index is 0.128. The number of methoxy groups -OCH3 is 1. The molecule has 0 aliphatic carbocycles. The lowest BCUT2D eigenvalue weighted by atomic mass is 9.99. The summed E-state index contributed by atoms with van der Waals surface area (Å²) in [7, 11) is -0.0921. The molecule has 1 aliphatic heterocycles. The van der Waals surface area contributed by atoms with Crippen LogP contribution in [0.2, 0.25) is 0 Å². The topological polar surface area (TPSA) is 84.7 Å². The first-order valence-electron chi connectivity index (χ1n) is 7.04. The van der Waals surface area contributed by atoms with Crippen molar-refractivity contribution in [3.63, 3.8) is 0 Å². The smallest absolute Gasteiger partial charge is 0.244 e. The number of nitrogens with two attached hydrogens (primary N) is 1. The Morgan fingerprint density at radius 3 is 2.90 bits per heavy atom. The van der Waals surface area contributed by atoms with Crippen LogP contribution in [0.5, 0.6) is 5.75 Å². The lowest BCUT2D eigenvalue weighted by molar-refractivity contribution is 0.211. The third-order valence-corrected chi connectivity index (χ3v) is 5.22.